The van der Waals surface area contributed by atoms with Crippen molar-refractivity contribution in [1.82, 2.24) is 15.0 Å². The highest BCUT2D eigenvalue weighted by atomic mass is 16.3. The van der Waals surface area contributed by atoms with E-state index in [4.69, 9.17) is 26.2 Å². The number of nitrogens with zero attached hydrogens (tertiary/aromatic N) is 3. The second-order valence-electron chi connectivity index (χ2n) is 10.9. The second kappa shape index (κ2) is 10.2. The Morgan fingerprint density at radius 1 is 0.444 bits per heavy atom. The number of hydrogen-bond acceptors (Lipinski definition) is 4. The van der Waals surface area contributed by atoms with Gasteiger partial charge in [-0.05, 0) is 45.3 Å². The maximum Gasteiger partial charge on any atom is 0.164 e. The zero-order valence-corrected chi connectivity index (χ0v) is 23.8. The summed E-state index contributed by atoms with van der Waals surface area (Å²) in [6, 6.07) is 38.1. The van der Waals surface area contributed by atoms with Crippen LogP contribution < -0.4 is 0 Å². The Morgan fingerprint density at radius 2 is 1.09 bits per heavy atom. The van der Waals surface area contributed by atoms with Crippen molar-refractivity contribution in [2.24, 2.45) is 0 Å². The van der Waals surface area contributed by atoms with Crippen LogP contribution in [0.15, 0.2) is 156 Å². The van der Waals surface area contributed by atoms with E-state index in [1.165, 1.54) is 10.8 Å². The molecule has 0 fully saturated rings. The molecule has 4 heteroatoms. The molecular weight excluding hydrogens is 550 g/mol. The molecule has 0 spiro atoms. The number of fused-ring (bicyclic) bond motifs is 6. The zero-order valence-electron chi connectivity index (χ0n) is 28.8. The van der Waals surface area contributed by atoms with E-state index in [-0.39, 0.29) is 17.6 Å². The van der Waals surface area contributed by atoms with Crippen molar-refractivity contribution in [2.45, 2.75) is 0 Å². The summed E-state index contributed by atoms with van der Waals surface area (Å²) >= 11 is 0. The fourth-order valence-electron chi connectivity index (χ4n) is 6.02. The first-order valence-electron chi connectivity index (χ1n) is 17.1. The van der Waals surface area contributed by atoms with Gasteiger partial charge in [-0.15, -0.1) is 0 Å². The van der Waals surface area contributed by atoms with Crippen molar-refractivity contribution < 1.29 is 11.3 Å². The molecule has 0 aliphatic heterocycles. The fourth-order valence-corrected chi connectivity index (χ4v) is 6.02. The molecule has 45 heavy (non-hydrogen) atoms. The minimum Gasteiger partial charge on any atom is -0.455 e. The highest BCUT2D eigenvalue weighted by molar-refractivity contribution is 6.10. The summed E-state index contributed by atoms with van der Waals surface area (Å²) in [6.07, 6.45) is 0. The molecule has 0 saturated carbocycles. The first-order valence-corrected chi connectivity index (χ1v) is 14.6. The van der Waals surface area contributed by atoms with E-state index in [1.54, 1.807) is 12.1 Å². The van der Waals surface area contributed by atoms with E-state index in [1.807, 2.05) is 66.7 Å². The lowest BCUT2D eigenvalue weighted by molar-refractivity contribution is 0.670. The molecule has 0 amide bonds. The van der Waals surface area contributed by atoms with E-state index in [9.17, 15) is 0 Å². The van der Waals surface area contributed by atoms with Crippen molar-refractivity contribution in [2.75, 3.05) is 0 Å². The van der Waals surface area contributed by atoms with Crippen LogP contribution in [0, 0.1) is 0 Å². The summed E-state index contributed by atoms with van der Waals surface area (Å²) in [5.74, 6) is 1.55. The third kappa shape index (κ3) is 4.35. The van der Waals surface area contributed by atoms with Gasteiger partial charge in [-0.2, -0.15) is 0 Å². The van der Waals surface area contributed by atoms with Crippen molar-refractivity contribution in [1.29, 1.82) is 0 Å². The molecule has 9 aromatic rings. The smallest absolute Gasteiger partial charge is 0.164 e. The Balaban J connectivity index is 1.21. The molecule has 0 bridgehead atoms. The number of rotatable bonds is 4. The van der Waals surface area contributed by atoms with Crippen LogP contribution in [0.3, 0.4) is 0 Å². The quantitative estimate of drug-likeness (QED) is 0.194. The molecule has 0 N–H and O–H groups in total. The van der Waals surface area contributed by atoms with Gasteiger partial charge >= 0.3 is 0 Å². The molecule has 0 aliphatic carbocycles. The lowest BCUT2D eigenvalue weighted by Crippen LogP contribution is -2.00. The van der Waals surface area contributed by atoms with Gasteiger partial charge in [-0.25, -0.2) is 15.0 Å². The summed E-state index contributed by atoms with van der Waals surface area (Å²) in [4.78, 5) is 14.8. The van der Waals surface area contributed by atoms with Gasteiger partial charge in [0.1, 0.15) is 11.2 Å². The van der Waals surface area contributed by atoms with Crippen molar-refractivity contribution in [3.8, 4) is 45.3 Å². The van der Waals surface area contributed by atoms with Gasteiger partial charge in [0.05, 0.1) is 6.85 Å². The summed E-state index contributed by atoms with van der Waals surface area (Å²) in [5.41, 5.74) is 3.95. The van der Waals surface area contributed by atoms with Gasteiger partial charge in [-0.3, -0.25) is 0 Å². The molecule has 2 aromatic heterocycles. The SMILES string of the molecule is [2H]c1c([2H])c([2H])c(-c2cccc3c2oc2cc(-c4nc(-c5ccccc5)nc(-c5ccc6c(ccc7ccccc76)c5)n4)ccc23)c([2H])c1[2H]. The molecule has 7 aromatic carbocycles. The maximum absolute atomic E-state index is 8.55. The average molecular weight is 581 g/mol. The lowest BCUT2D eigenvalue weighted by atomic mass is 10.00. The molecule has 0 saturated heterocycles. The standard InChI is InChI=1S/C41H25N3O/c1-3-10-26(11-4-1)34-16-9-17-36-35-23-21-31(25-37(35)45-38(34)36)41-43-39(28-13-5-2-6-14-28)42-40(44-41)30-20-22-33-29(24-30)19-18-27-12-7-8-15-32(27)33/h1-25H/i1D,3D,4D,10D,11D. The van der Waals surface area contributed by atoms with Crippen LogP contribution >= 0.6 is 0 Å². The minimum absolute atomic E-state index is 0.0962. The van der Waals surface area contributed by atoms with Crippen LogP contribution in [-0.4, -0.2) is 15.0 Å². The predicted octanol–water partition coefficient (Wildman–Crippen LogP) is 10.7. The van der Waals surface area contributed by atoms with Gasteiger partial charge in [0.25, 0.3) is 0 Å². The minimum atomic E-state index is -0.436. The van der Waals surface area contributed by atoms with Crippen LogP contribution in [0.4, 0.5) is 0 Å². The van der Waals surface area contributed by atoms with E-state index < -0.39 is 18.1 Å². The number of para-hydroxylation sites is 1. The van der Waals surface area contributed by atoms with Gasteiger partial charge < -0.3 is 4.42 Å². The van der Waals surface area contributed by atoms with Crippen molar-refractivity contribution in [3.63, 3.8) is 0 Å². The Labute approximate surface area is 266 Å². The van der Waals surface area contributed by atoms with E-state index in [2.05, 4.69) is 42.5 Å². The third-order valence-corrected chi connectivity index (χ3v) is 8.20. The number of benzene rings is 7. The number of hydrogen-bond donors (Lipinski definition) is 0. The maximum atomic E-state index is 8.55. The molecule has 2 heterocycles. The van der Waals surface area contributed by atoms with Crippen LogP contribution in [0.2, 0.25) is 0 Å². The van der Waals surface area contributed by atoms with Crippen molar-refractivity contribution in [3.05, 3.63) is 152 Å². The van der Waals surface area contributed by atoms with Crippen LogP contribution in [-0.2, 0) is 0 Å². The zero-order chi connectivity index (χ0) is 34.1. The molecule has 0 unspecified atom stereocenters. The molecule has 0 radical (unpaired) electrons. The van der Waals surface area contributed by atoms with E-state index in [0.717, 1.165) is 32.7 Å². The molecule has 210 valence electrons. The highest BCUT2D eigenvalue weighted by Crippen LogP contribution is 2.37. The number of furan rings is 1. The first kappa shape index (κ1) is 20.7. The van der Waals surface area contributed by atoms with Crippen LogP contribution in [0.1, 0.15) is 6.85 Å². The van der Waals surface area contributed by atoms with Gasteiger partial charge in [-0.1, -0.05) is 133 Å². The topological polar surface area (TPSA) is 51.8 Å². The van der Waals surface area contributed by atoms with E-state index in [0.29, 0.717) is 39.8 Å². The van der Waals surface area contributed by atoms with Gasteiger partial charge in [0.2, 0.25) is 0 Å². The highest BCUT2D eigenvalue weighted by Gasteiger charge is 2.16. The first-order chi connectivity index (χ1) is 24.4. The summed E-state index contributed by atoms with van der Waals surface area (Å²) in [5, 5.41) is 6.19. The molecule has 0 aliphatic rings. The average Bonchev–Trinajstić information content (AvgIpc) is 3.55. The van der Waals surface area contributed by atoms with Crippen LogP contribution in [0.25, 0.3) is 88.8 Å². The largest absolute Gasteiger partial charge is 0.455 e. The monoisotopic (exact) mass is 580 g/mol. The summed E-state index contributed by atoms with van der Waals surface area (Å²) < 4.78 is 48.0. The predicted molar refractivity (Wildman–Crippen MR) is 184 cm³/mol. The Morgan fingerprint density at radius 3 is 1.91 bits per heavy atom. The second-order valence-corrected chi connectivity index (χ2v) is 10.9. The van der Waals surface area contributed by atoms with Gasteiger partial charge in [0.15, 0.2) is 17.5 Å². The third-order valence-electron chi connectivity index (χ3n) is 8.20. The van der Waals surface area contributed by atoms with E-state index >= 15 is 0 Å². The van der Waals surface area contributed by atoms with Gasteiger partial charge in [0, 0.05) is 33.0 Å². The normalized spacial score (nSPS) is 13.1. The Hall–Kier alpha value is -6.13. The van der Waals surface area contributed by atoms with Crippen LogP contribution in [0.5, 0.6) is 0 Å². The molecular formula is C41H25N3O. The Kier molecular flexibility index (Phi) is 4.72. The molecule has 0 atom stereocenters. The summed E-state index contributed by atoms with van der Waals surface area (Å²) in [6.45, 7) is 0. The lowest BCUT2D eigenvalue weighted by Gasteiger charge is -2.10. The molecule has 9 rings (SSSR count). The Bertz CT molecular complexity index is 2810. The summed E-state index contributed by atoms with van der Waals surface area (Å²) in [7, 11) is 0. The number of aromatic nitrogens is 3. The fraction of sp³-hybridized carbons (Fsp3) is 0. The molecule has 4 nitrogen and oxygen atoms in total. The van der Waals surface area contributed by atoms with Crippen molar-refractivity contribution >= 4 is 43.5 Å².